The van der Waals surface area contributed by atoms with Crippen LogP contribution in [0.3, 0.4) is 0 Å². The molecule has 1 aromatic rings. The SMILES string of the molecule is COc1cc(Br)cc(N2CCCNC3(CCCCC3)C2)c1. The van der Waals surface area contributed by atoms with Crippen molar-refractivity contribution in [2.45, 2.75) is 44.1 Å². The first kappa shape index (κ1) is 15.2. The van der Waals surface area contributed by atoms with Gasteiger partial charge < -0.3 is 15.0 Å². The van der Waals surface area contributed by atoms with Crippen LogP contribution in [0.15, 0.2) is 22.7 Å². The summed E-state index contributed by atoms with van der Waals surface area (Å²) in [7, 11) is 1.73. The fourth-order valence-electron chi connectivity index (χ4n) is 3.76. The Hall–Kier alpha value is -0.740. The molecule has 1 spiro atoms. The first-order valence-corrected chi connectivity index (χ1v) is 8.85. The number of hydrogen-bond acceptors (Lipinski definition) is 3. The highest BCUT2D eigenvalue weighted by Gasteiger charge is 2.35. The number of rotatable bonds is 2. The molecule has 0 unspecified atom stereocenters. The third-order valence-electron chi connectivity index (χ3n) is 4.87. The smallest absolute Gasteiger partial charge is 0.122 e. The zero-order valence-electron chi connectivity index (χ0n) is 12.8. The van der Waals surface area contributed by atoms with Crippen LogP contribution >= 0.6 is 15.9 Å². The molecule has 1 aliphatic heterocycles. The Kier molecular flexibility index (Phi) is 4.75. The lowest BCUT2D eigenvalue weighted by molar-refractivity contribution is 0.246. The Labute approximate surface area is 136 Å². The Bertz CT molecular complexity index is 486. The molecule has 116 valence electrons. The van der Waals surface area contributed by atoms with E-state index < -0.39 is 0 Å². The summed E-state index contributed by atoms with van der Waals surface area (Å²) < 4.78 is 6.51. The van der Waals surface area contributed by atoms with E-state index in [1.807, 2.05) is 6.07 Å². The largest absolute Gasteiger partial charge is 0.497 e. The van der Waals surface area contributed by atoms with Crippen LogP contribution < -0.4 is 15.0 Å². The number of hydrogen-bond donors (Lipinski definition) is 1. The molecule has 1 N–H and O–H groups in total. The van der Waals surface area contributed by atoms with Crippen LogP contribution in [0.4, 0.5) is 5.69 Å². The third-order valence-corrected chi connectivity index (χ3v) is 5.32. The molecule has 1 saturated heterocycles. The zero-order chi connectivity index (χ0) is 14.7. The quantitative estimate of drug-likeness (QED) is 0.871. The van der Waals surface area contributed by atoms with Gasteiger partial charge in [0.15, 0.2) is 0 Å². The number of nitrogens with one attached hydrogen (secondary N) is 1. The maximum Gasteiger partial charge on any atom is 0.122 e. The fraction of sp³-hybridized carbons (Fsp3) is 0.647. The maximum absolute atomic E-state index is 5.42. The minimum atomic E-state index is 0.324. The predicted octanol–water partition coefficient (Wildman–Crippen LogP) is 3.96. The van der Waals surface area contributed by atoms with Gasteiger partial charge in [0.2, 0.25) is 0 Å². The summed E-state index contributed by atoms with van der Waals surface area (Å²) in [5.41, 5.74) is 1.60. The molecule has 2 aliphatic rings. The Morgan fingerprint density at radius 1 is 1.14 bits per heavy atom. The molecular formula is C17H25BrN2O. The van der Waals surface area contributed by atoms with E-state index in [2.05, 4.69) is 38.3 Å². The third kappa shape index (κ3) is 3.54. The molecule has 1 aliphatic carbocycles. The summed E-state index contributed by atoms with van der Waals surface area (Å²) in [6.45, 7) is 3.38. The number of nitrogens with zero attached hydrogens (tertiary/aromatic N) is 1. The van der Waals surface area contributed by atoms with E-state index in [1.165, 1.54) is 44.2 Å². The highest BCUT2D eigenvalue weighted by atomic mass is 79.9. The summed E-state index contributed by atoms with van der Waals surface area (Å²) in [4.78, 5) is 2.54. The molecule has 4 heteroatoms. The van der Waals surface area contributed by atoms with E-state index in [1.54, 1.807) is 7.11 Å². The van der Waals surface area contributed by atoms with Crippen molar-refractivity contribution in [3.8, 4) is 5.75 Å². The van der Waals surface area contributed by atoms with Crippen LogP contribution in [0, 0.1) is 0 Å². The van der Waals surface area contributed by atoms with Gasteiger partial charge in [0.1, 0.15) is 5.75 Å². The Morgan fingerprint density at radius 3 is 2.71 bits per heavy atom. The highest BCUT2D eigenvalue weighted by Crippen LogP contribution is 2.34. The second-order valence-electron chi connectivity index (χ2n) is 6.39. The van der Waals surface area contributed by atoms with E-state index in [-0.39, 0.29) is 0 Å². The van der Waals surface area contributed by atoms with E-state index in [4.69, 9.17) is 4.74 Å². The lowest BCUT2D eigenvalue weighted by Crippen LogP contribution is -2.52. The van der Waals surface area contributed by atoms with Crippen molar-refractivity contribution in [3.05, 3.63) is 22.7 Å². The van der Waals surface area contributed by atoms with Crippen molar-refractivity contribution in [1.29, 1.82) is 0 Å². The molecular weight excluding hydrogens is 328 g/mol. The minimum absolute atomic E-state index is 0.324. The number of anilines is 1. The van der Waals surface area contributed by atoms with Crippen LogP contribution in [0.1, 0.15) is 38.5 Å². The molecule has 1 heterocycles. The summed E-state index contributed by atoms with van der Waals surface area (Å²) in [5.74, 6) is 0.925. The van der Waals surface area contributed by atoms with Gasteiger partial charge in [-0.25, -0.2) is 0 Å². The molecule has 1 saturated carbocycles. The average Bonchev–Trinajstić information content (AvgIpc) is 2.70. The first-order chi connectivity index (χ1) is 10.2. The van der Waals surface area contributed by atoms with E-state index in [0.717, 1.165) is 29.9 Å². The lowest BCUT2D eigenvalue weighted by Gasteiger charge is -2.40. The van der Waals surface area contributed by atoms with Gasteiger partial charge in [-0.1, -0.05) is 35.2 Å². The molecule has 0 atom stereocenters. The topological polar surface area (TPSA) is 24.5 Å². The van der Waals surface area contributed by atoms with Crippen molar-refractivity contribution in [2.24, 2.45) is 0 Å². The van der Waals surface area contributed by atoms with Crippen LogP contribution in [0.5, 0.6) is 5.75 Å². The standard InChI is InChI=1S/C17H25BrN2O/c1-21-16-11-14(18)10-15(12-16)20-9-5-8-19-17(13-20)6-3-2-4-7-17/h10-12,19H,2-9,13H2,1H3. The molecule has 0 aromatic heterocycles. The molecule has 0 radical (unpaired) electrons. The fourth-order valence-corrected chi connectivity index (χ4v) is 4.22. The summed E-state index contributed by atoms with van der Waals surface area (Å²) >= 11 is 3.61. The average molecular weight is 353 g/mol. The van der Waals surface area contributed by atoms with Crippen LogP contribution in [0.2, 0.25) is 0 Å². The molecule has 3 nitrogen and oxygen atoms in total. The van der Waals surface area contributed by atoms with Crippen LogP contribution in [-0.2, 0) is 0 Å². The minimum Gasteiger partial charge on any atom is -0.497 e. The number of ether oxygens (including phenoxy) is 1. The summed E-state index contributed by atoms with van der Waals surface area (Å²) in [6.07, 6.45) is 7.96. The molecule has 0 amide bonds. The highest BCUT2D eigenvalue weighted by molar-refractivity contribution is 9.10. The molecule has 0 bridgehead atoms. The summed E-state index contributed by atoms with van der Waals surface area (Å²) in [5, 5.41) is 3.86. The second kappa shape index (κ2) is 6.57. The lowest BCUT2D eigenvalue weighted by atomic mass is 9.81. The molecule has 3 rings (SSSR count). The predicted molar refractivity (Wildman–Crippen MR) is 91.3 cm³/mol. The van der Waals surface area contributed by atoms with Crippen molar-refractivity contribution >= 4 is 21.6 Å². The van der Waals surface area contributed by atoms with E-state index in [0.29, 0.717) is 5.54 Å². The molecule has 2 fully saturated rings. The van der Waals surface area contributed by atoms with Gasteiger partial charge in [0.05, 0.1) is 7.11 Å². The van der Waals surface area contributed by atoms with Gasteiger partial charge >= 0.3 is 0 Å². The van der Waals surface area contributed by atoms with E-state index >= 15 is 0 Å². The van der Waals surface area contributed by atoms with Gasteiger partial charge in [-0.2, -0.15) is 0 Å². The van der Waals surface area contributed by atoms with E-state index in [9.17, 15) is 0 Å². The monoisotopic (exact) mass is 352 g/mol. The van der Waals surface area contributed by atoms with Gasteiger partial charge in [0, 0.05) is 34.9 Å². The van der Waals surface area contributed by atoms with Gasteiger partial charge in [-0.05, 0) is 37.9 Å². The van der Waals surface area contributed by atoms with Crippen molar-refractivity contribution in [3.63, 3.8) is 0 Å². The van der Waals surface area contributed by atoms with Crippen molar-refractivity contribution in [1.82, 2.24) is 5.32 Å². The summed E-state index contributed by atoms with van der Waals surface area (Å²) in [6, 6.07) is 6.40. The second-order valence-corrected chi connectivity index (χ2v) is 7.31. The first-order valence-electron chi connectivity index (χ1n) is 8.05. The van der Waals surface area contributed by atoms with Gasteiger partial charge in [-0.15, -0.1) is 0 Å². The Morgan fingerprint density at radius 2 is 1.95 bits per heavy atom. The normalized spacial score (nSPS) is 22.1. The van der Waals surface area contributed by atoms with Crippen LogP contribution in [-0.4, -0.2) is 32.3 Å². The molecule has 1 aromatic carbocycles. The maximum atomic E-state index is 5.42. The van der Waals surface area contributed by atoms with Crippen molar-refractivity contribution < 1.29 is 4.74 Å². The van der Waals surface area contributed by atoms with Gasteiger partial charge in [-0.3, -0.25) is 0 Å². The zero-order valence-corrected chi connectivity index (χ0v) is 14.4. The molecule has 21 heavy (non-hydrogen) atoms. The van der Waals surface area contributed by atoms with Gasteiger partial charge in [0.25, 0.3) is 0 Å². The number of methoxy groups -OCH3 is 1. The van der Waals surface area contributed by atoms with Crippen molar-refractivity contribution in [2.75, 3.05) is 31.6 Å². The Balaban J connectivity index is 1.84. The number of benzene rings is 1. The van der Waals surface area contributed by atoms with Crippen LogP contribution in [0.25, 0.3) is 0 Å². The number of halogens is 1.